The Balaban J connectivity index is 1.81. The van der Waals surface area contributed by atoms with E-state index in [-0.39, 0.29) is 0 Å². The fraction of sp³-hybridized carbons (Fsp3) is 0.174. The SMILES string of the molecule is C=Cc1nc(OC)c(-c2cccc(/C=C/CCc3csc(C)n3)c2)nc1C=C. The molecule has 0 bridgehead atoms. The number of allylic oxidation sites excluding steroid dienone is 1. The maximum atomic E-state index is 5.45. The Bertz CT molecular complexity index is 1020. The van der Waals surface area contributed by atoms with Crippen LogP contribution in [0.25, 0.3) is 29.5 Å². The van der Waals surface area contributed by atoms with E-state index in [9.17, 15) is 0 Å². The van der Waals surface area contributed by atoms with Crippen molar-refractivity contribution in [2.75, 3.05) is 7.11 Å². The molecule has 0 unspecified atom stereocenters. The van der Waals surface area contributed by atoms with Crippen LogP contribution in [0.5, 0.6) is 5.88 Å². The predicted octanol–water partition coefficient (Wildman–Crippen LogP) is 5.85. The normalized spacial score (nSPS) is 10.9. The molecule has 0 amide bonds. The lowest BCUT2D eigenvalue weighted by molar-refractivity contribution is 0.397. The summed E-state index contributed by atoms with van der Waals surface area (Å²) in [5, 5.41) is 3.24. The number of methoxy groups -OCH3 is 1. The Labute approximate surface area is 170 Å². The Morgan fingerprint density at radius 3 is 2.57 bits per heavy atom. The van der Waals surface area contributed by atoms with E-state index in [1.54, 1.807) is 30.6 Å². The molecule has 0 aliphatic carbocycles. The molecule has 0 atom stereocenters. The number of nitrogens with zero attached hydrogens (tertiary/aromatic N) is 3. The summed E-state index contributed by atoms with van der Waals surface area (Å²) < 4.78 is 5.45. The molecular formula is C23H23N3OS. The minimum atomic E-state index is 0.473. The maximum absolute atomic E-state index is 5.45. The van der Waals surface area contributed by atoms with Crippen LogP contribution in [0.15, 0.2) is 48.9 Å². The Morgan fingerprint density at radius 1 is 1.11 bits per heavy atom. The molecular weight excluding hydrogens is 366 g/mol. The van der Waals surface area contributed by atoms with Crippen LogP contribution in [0.1, 0.15) is 34.1 Å². The maximum Gasteiger partial charge on any atom is 0.240 e. The predicted molar refractivity (Wildman–Crippen MR) is 118 cm³/mol. The fourth-order valence-electron chi connectivity index (χ4n) is 2.84. The van der Waals surface area contributed by atoms with E-state index < -0.39 is 0 Å². The van der Waals surface area contributed by atoms with Crippen molar-refractivity contribution in [2.24, 2.45) is 0 Å². The number of hydrogen-bond donors (Lipinski definition) is 0. The van der Waals surface area contributed by atoms with Crippen molar-refractivity contribution in [3.05, 3.63) is 76.5 Å². The molecule has 5 heteroatoms. The molecule has 2 heterocycles. The lowest BCUT2D eigenvalue weighted by Crippen LogP contribution is -2.00. The van der Waals surface area contributed by atoms with Crippen LogP contribution >= 0.6 is 11.3 Å². The minimum Gasteiger partial charge on any atom is -0.479 e. The van der Waals surface area contributed by atoms with Gasteiger partial charge in [-0.25, -0.2) is 15.0 Å². The Morgan fingerprint density at radius 2 is 1.89 bits per heavy atom. The highest BCUT2D eigenvalue weighted by molar-refractivity contribution is 7.09. The number of rotatable bonds is 8. The van der Waals surface area contributed by atoms with E-state index >= 15 is 0 Å². The molecule has 0 aliphatic rings. The van der Waals surface area contributed by atoms with Crippen molar-refractivity contribution < 1.29 is 4.74 Å². The lowest BCUT2D eigenvalue weighted by atomic mass is 10.1. The molecule has 0 saturated carbocycles. The van der Waals surface area contributed by atoms with Crippen LogP contribution in [0.4, 0.5) is 0 Å². The Hall–Kier alpha value is -3.05. The third-order valence-electron chi connectivity index (χ3n) is 4.20. The average Bonchev–Trinajstić information content (AvgIpc) is 3.15. The molecule has 0 N–H and O–H groups in total. The third kappa shape index (κ3) is 4.61. The van der Waals surface area contributed by atoms with Gasteiger partial charge in [-0.3, -0.25) is 0 Å². The van der Waals surface area contributed by atoms with Crippen LogP contribution in [-0.4, -0.2) is 22.1 Å². The summed E-state index contributed by atoms with van der Waals surface area (Å²) in [6, 6.07) is 8.16. The minimum absolute atomic E-state index is 0.473. The van der Waals surface area contributed by atoms with Gasteiger partial charge in [0.1, 0.15) is 5.69 Å². The molecule has 2 aromatic heterocycles. The van der Waals surface area contributed by atoms with Gasteiger partial charge in [0.2, 0.25) is 5.88 Å². The molecule has 4 nitrogen and oxygen atoms in total. The van der Waals surface area contributed by atoms with Gasteiger partial charge in [-0.2, -0.15) is 0 Å². The summed E-state index contributed by atoms with van der Waals surface area (Å²) in [5.74, 6) is 0.473. The molecule has 0 spiro atoms. The van der Waals surface area contributed by atoms with Gasteiger partial charge in [-0.1, -0.05) is 43.5 Å². The first-order valence-electron chi connectivity index (χ1n) is 9.03. The largest absolute Gasteiger partial charge is 0.479 e. The van der Waals surface area contributed by atoms with E-state index in [1.807, 2.05) is 19.1 Å². The van der Waals surface area contributed by atoms with E-state index in [0.29, 0.717) is 23.0 Å². The van der Waals surface area contributed by atoms with Crippen molar-refractivity contribution in [2.45, 2.75) is 19.8 Å². The second-order valence-electron chi connectivity index (χ2n) is 6.18. The van der Waals surface area contributed by atoms with Crippen molar-refractivity contribution in [1.82, 2.24) is 15.0 Å². The summed E-state index contributed by atoms with van der Waals surface area (Å²) in [6.07, 6.45) is 9.52. The van der Waals surface area contributed by atoms with E-state index in [0.717, 1.165) is 34.7 Å². The monoisotopic (exact) mass is 389 g/mol. The molecule has 0 fully saturated rings. The van der Waals surface area contributed by atoms with Crippen LogP contribution in [-0.2, 0) is 6.42 Å². The Kier molecular flexibility index (Phi) is 6.50. The van der Waals surface area contributed by atoms with E-state index in [2.05, 4.69) is 57.8 Å². The number of aryl methyl sites for hydroxylation is 2. The van der Waals surface area contributed by atoms with Crippen LogP contribution in [0.2, 0.25) is 0 Å². The van der Waals surface area contributed by atoms with Crippen LogP contribution < -0.4 is 4.74 Å². The second-order valence-corrected chi connectivity index (χ2v) is 7.25. The van der Waals surface area contributed by atoms with Gasteiger partial charge in [0.15, 0.2) is 0 Å². The van der Waals surface area contributed by atoms with Gasteiger partial charge < -0.3 is 4.74 Å². The van der Waals surface area contributed by atoms with Crippen LogP contribution in [0, 0.1) is 6.92 Å². The fourth-order valence-corrected chi connectivity index (χ4v) is 3.49. The summed E-state index contributed by atoms with van der Waals surface area (Å²) in [5.41, 5.74) is 5.23. The first kappa shape index (κ1) is 19.7. The molecule has 1 aromatic carbocycles. The zero-order valence-electron chi connectivity index (χ0n) is 16.2. The molecule has 142 valence electrons. The van der Waals surface area contributed by atoms with Gasteiger partial charge in [-0.05, 0) is 43.5 Å². The molecule has 0 aliphatic heterocycles. The number of ether oxygens (including phenoxy) is 1. The molecule has 3 rings (SSSR count). The highest BCUT2D eigenvalue weighted by Gasteiger charge is 2.13. The van der Waals surface area contributed by atoms with Gasteiger partial charge in [-0.15, -0.1) is 11.3 Å². The molecule has 28 heavy (non-hydrogen) atoms. The highest BCUT2D eigenvalue weighted by atomic mass is 32.1. The van der Waals surface area contributed by atoms with Gasteiger partial charge in [0, 0.05) is 10.9 Å². The van der Waals surface area contributed by atoms with Crippen molar-refractivity contribution >= 4 is 29.6 Å². The zero-order chi connectivity index (χ0) is 19.9. The second kappa shape index (κ2) is 9.24. The number of thiazole rings is 1. The zero-order valence-corrected chi connectivity index (χ0v) is 17.0. The number of hydrogen-bond acceptors (Lipinski definition) is 5. The smallest absolute Gasteiger partial charge is 0.240 e. The topological polar surface area (TPSA) is 47.9 Å². The summed E-state index contributed by atoms with van der Waals surface area (Å²) in [7, 11) is 1.60. The average molecular weight is 390 g/mol. The third-order valence-corrected chi connectivity index (χ3v) is 5.03. The van der Waals surface area contributed by atoms with Crippen LogP contribution in [0.3, 0.4) is 0 Å². The van der Waals surface area contributed by atoms with Crippen molar-refractivity contribution in [1.29, 1.82) is 0 Å². The first-order chi connectivity index (χ1) is 13.6. The van der Waals surface area contributed by atoms with Gasteiger partial charge in [0.25, 0.3) is 0 Å². The summed E-state index contributed by atoms with van der Waals surface area (Å²) in [6.45, 7) is 9.63. The van der Waals surface area contributed by atoms with Gasteiger partial charge in [0.05, 0.1) is 29.2 Å². The standard InChI is InChI=1S/C23H23N3OS/c1-5-20-21(6-2)26-23(27-4)22(25-20)18-12-9-11-17(14-18)10-7-8-13-19-15-28-16(3)24-19/h5-7,9-12,14-15H,1-2,8,13H2,3-4H3/b10-7+. The first-order valence-corrected chi connectivity index (χ1v) is 9.91. The number of aromatic nitrogens is 3. The van der Waals surface area contributed by atoms with Crippen molar-refractivity contribution in [3.63, 3.8) is 0 Å². The molecule has 3 aromatic rings. The summed E-state index contributed by atoms with van der Waals surface area (Å²) in [4.78, 5) is 13.7. The molecule has 0 radical (unpaired) electrons. The highest BCUT2D eigenvalue weighted by Crippen LogP contribution is 2.29. The van der Waals surface area contributed by atoms with Gasteiger partial charge >= 0.3 is 0 Å². The lowest BCUT2D eigenvalue weighted by Gasteiger charge is -2.10. The molecule has 0 saturated heterocycles. The summed E-state index contributed by atoms with van der Waals surface area (Å²) >= 11 is 1.69. The van der Waals surface area contributed by atoms with E-state index in [4.69, 9.17) is 4.74 Å². The van der Waals surface area contributed by atoms with E-state index in [1.165, 1.54) is 0 Å². The van der Waals surface area contributed by atoms with Crippen molar-refractivity contribution in [3.8, 4) is 17.1 Å². The number of benzene rings is 1. The quantitative estimate of drug-likeness (QED) is 0.485.